The van der Waals surface area contributed by atoms with Crippen molar-refractivity contribution in [1.29, 1.82) is 0 Å². The fourth-order valence-corrected chi connectivity index (χ4v) is 3.06. The van der Waals surface area contributed by atoms with Gasteiger partial charge in [-0.2, -0.15) is 0 Å². The van der Waals surface area contributed by atoms with Gasteiger partial charge in [0.05, 0.1) is 5.69 Å². The van der Waals surface area contributed by atoms with E-state index in [-0.39, 0.29) is 11.7 Å². The minimum atomic E-state index is -0.374. The first kappa shape index (κ1) is 17.9. The molecule has 138 valence electrons. The molecule has 0 saturated heterocycles. The van der Waals surface area contributed by atoms with E-state index in [9.17, 15) is 4.79 Å². The summed E-state index contributed by atoms with van der Waals surface area (Å²) in [4.78, 5) is 17.2. The molecule has 4 rings (SSSR count). The maximum absolute atomic E-state index is 12.7. The molecular weight excluding hydrogens is 372 g/mol. The number of amides is 1. The molecular formula is C22H17ClN4O. The van der Waals surface area contributed by atoms with Crippen LogP contribution in [0.15, 0.2) is 78.9 Å². The van der Waals surface area contributed by atoms with E-state index in [1.807, 2.05) is 73.7 Å². The highest BCUT2D eigenvalue weighted by molar-refractivity contribution is 6.30. The van der Waals surface area contributed by atoms with E-state index in [4.69, 9.17) is 11.6 Å². The van der Waals surface area contributed by atoms with E-state index >= 15 is 0 Å². The van der Waals surface area contributed by atoms with Crippen LogP contribution in [0.4, 0.5) is 5.69 Å². The molecule has 0 aliphatic rings. The van der Waals surface area contributed by atoms with Crippen molar-refractivity contribution in [3.05, 3.63) is 95.3 Å². The van der Waals surface area contributed by atoms with Gasteiger partial charge >= 0.3 is 0 Å². The molecule has 0 saturated carbocycles. The van der Waals surface area contributed by atoms with Crippen molar-refractivity contribution in [3.63, 3.8) is 0 Å². The van der Waals surface area contributed by atoms with Crippen LogP contribution in [0, 0.1) is 6.92 Å². The molecule has 0 atom stereocenters. The molecule has 0 aliphatic heterocycles. The van der Waals surface area contributed by atoms with Gasteiger partial charge in [-0.15, -0.1) is 5.10 Å². The van der Waals surface area contributed by atoms with Gasteiger partial charge in [0.2, 0.25) is 5.82 Å². The number of aryl methyl sites for hydroxylation is 1. The fourth-order valence-electron chi connectivity index (χ4n) is 2.87. The molecule has 1 N–H and O–H groups in total. The summed E-state index contributed by atoms with van der Waals surface area (Å²) in [5.74, 6) is 0.257. The van der Waals surface area contributed by atoms with Crippen molar-refractivity contribution in [1.82, 2.24) is 14.8 Å². The van der Waals surface area contributed by atoms with Crippen molar-refractivity contribution >= 4 is 23.2 Å². The Morgan fingerprint density at radius 1 is 0.964 bits per heavy atom. The summed E-state index contributed by atoms with van der Waals surface area (Å²) in [6.07, 6.45) is 0. The number of halogens is 1. The highest BCUT2D eigenvalue weighted by Crippen LogP contribution is 2.24. The summed E-state index contributed by atoms with van der Waals surface area (Å²) in [5.41, 5.74) is 3.37. The molecule has 3 aromatic carbocycles. The molecule has 28 heavy (non-hydrogen) atoms. The van der Waals surface area contributed by atoms with Crippen LogP contribution >= 0.6 is 11.6 Å². The Labute approximate surface area is 167 Å². The van der Waals surface area contributed by atoms with Crippen LogP contribution in [0.3, 0.4) is 0 Å². The Morgan fingerprint density at radius 2 is 1.75 bits per heavy atom. The van der Waals surface area contributed by atoms with E-state index in [2.05, 4.69) is 15.4 Å². The second-order valence-corrected chi connectivity index (χ2v) is 6.78. The Kier molecular flexibility index (Phi) is 4.91. The van der Waals surface area contributed by atoms with Gasteiger partial charge in [-0.05, 0) is 48.9 Å². The average Bonchev–Trinajstić information content (AvgIpc) is 3.14. The predicted molar refractivity (Wildman–Crippen MR) is 111 cm³/mol. The third kappa shape index (κ3) is 3.80. The van der Waals surface area contributed by atoms with Gasteiger partial charge in [0.25, 0.3) is 5.91 Å². The zero-order valence-corrected chi connectivity index (χ0v) is 15.9. The minimum absolute atomic E-state index is 0.0836. The summed E-state index contributed by atoms with van der Waals surface area (Å²) in [5, 5.41) is 7.88. The highest BCUT2D eigenvalue weighted by Gasteiger charge is 2.19. The predicted octanol–water partition coefficient (Wildman–Crippen LogP) is 5.15. The summed E-state index contributed by atoms with van der Waals surface area (Å²) < 4.78 is 1.67. The Balaban J connectivity index is 1.79. The first-order chi connectivity index (χ1) is 13.6. The summed E-state index contributed by atoms with van der Waals surface area (Å²) in [6, 6.07) is 24.4. The van der Waals surface area contributed by atoms with Crippen LogP contribution < -0.4 is 5.32 Å². The zero-order chi connectivity index (χ0) is 19.5. The Bertz CT molecular complexity index is 1080. The number of carbonyl (C=O) groups is 1. The number of aromatic nitrogens is 3. The van der Waals surface area contributed by atoms with Gasteiger partial charge in [0.1, 0.15) is 0 Å². The molecule has 0 fully saturated rings. The number of rotatable bonds is 4. The lowest BCUT2D eigenvalue weighted by molar-refractivity contribution is 0.101. The minimum Gasteiger partial charge on any atom is -0.319 e. The van der Waals surface area contributed by atoms with Crippen molar-refractivity contribution in [2.24, 2.45) is 0 Å². The van der Waals surface area contributed by atoms with Crippen LogP contribution in [0.1, 0.15) is 16.2 Å². The van der Waals surface area contributed by atoms with Crippen LogP contribution in [0.2, 0.25) is 5.02 Å². The summed E-state index contributed by atoms with van der Waals surface area (Å²) >= 11 is 6.16. The third-order valence-electron chi connectivity index (χ3n) is 4.17. The van der Waals surface area contributed by atoms with Crippen molar-refractivity contribution in [2.75, 3.05) is 5.32 Å². The maximum Gasteiger partial charge on any atom is 0.295 e. The number of benzene rings is 3. The van der Waals surface area contributed by atoms with E-state index in [0.29, 0.717) is 16.5 Å². The number of hydrogen-bond donors (Lipinski definition) is 1. The third-order valence-corrected chi connectivity index (χ3v) is 4.41. The highest BCUT2D eigenvalue weighted by atomic mass is 35.5. The standard InChI is InChI=1S/C22H17ClN4O/c1-15-7-5-12-19(13-15)27-21(16-8-6-9-17(23)14-16)25-20(26-27)22(28)24-18-10-3-2-4-11-18/h2-14H,1H3,(H,24,28). The SMILES string of the molecule is Cc1cccc(-n2nc(C(=O)Nc3ccccc3)nc2-c2cccc(Cl)c2)c1. The molecule has 0 spiro atoms. The lowest BCUT2D eigenvalue weighted by Crippen LogP contribution is -2.14. The molecule has 0 aliphatic carbocycles. The largest absolute Gasteiger partial charge is 0.319 e. The van der Waals surface area contributed by atoms with Crippen LogP contribution in [-0.2, 0) is 0 Å². The monoisotopic (exact) mass is 388 g/mol. The van der Waals surface area contributed by atoms with Crippen LogP contribution in [-0.4, -0.2) is 20.7 Å². The Morgan fingerprint density at radius 3 is 2.50 bits per heavy atom. The quantitative estimate of drug-likeness (QED) is 0.526. The zero-order valence-electron chi connectivity index (χ0n) is 15.1. The number of anilines is 1. The normalized spacial score (nSPS) is 10.6. The number of nitrogens with zero attached hydrogens (tertiary/aromatic N) is 3. The molecule has 1 heterocycles. The first-order valence-electron chi connectivity index (χ1n) is 8.76. The average molecular weight is 389 g/mol. The molecule has 6 heteroatoms. The van der Waals surface area contributed by atoms with E-state index in [1.54, 1.807) is 16.8 Å². The number of carbonyl (C=O) groups excluding carboxylic acids is 1. The van der Waals surface area contributed by atoms with Gasteiger partial charge in [0.15, 0.2) is 5.82 Å². The molecule has 1 aromatic heterocycles. The summed E-state index contributed by atoms with van der Waals surface area (Å²) in [7, 11) is 0. The molecule has 5 nitrogen and oxygen atoms in total. The lowest BCUT2D eigenvalue weighted by Gasteiger charge is -2.07. The molecule has 0 bridgehead atoms. The fraction of sp³-hybridized carbons (Fsp3) is 0.0455. The number of hydrogen-bond acceptors (Lipinski definition) is 3. The maximum atomic E-state index is 12.7. The van der Waals surface area contributed by atoms with E-state index in [1.165, 1.54) is 0 Å². The molecule has 0 unspecified atom stereocenters. The van der Waals surface area contributed by atoms with Crippen molar-refractivity contribution in [3.8, 4) is 17.1 Å². The van der Waals surface area contributed by atoms with Crippen LogP contribution in [0.25, 0.3) is 17.1 Å². The second-order valence-electron chi connectivity index (χ2n) is 6.34. The lowest BCUT2D eigenvalue weighted by atomic mass is 10.2. The van der Waals surface area contributed by atoms with E-state index in [0.717, 1.165) is 16.8 Å². The van der Waals surface area contributed by atoms with Crippen LogP contribution in [0.5, 0.6) is 0 Å². The van der Waals surface area contributed by atoms with Gasteiger partial charge < -0.3 is 5.32 Å². The summed E-state index contributed by atoms with van der Waals surface area (Å²) in [6.45, 7) is 2.00. The second kappa shape index (κ2) is 7.66. The van der Waals surface area contributed by atoms with Crippen molar-refractivity contribution < 1.29 is 4.79 Å². The first-order valence-corrected chi connectivity index (χ1v) is 9.14. The number of nitrogens with one attached hydrogen (secondary N) is 1. The molecule has 0 radical (unpaired) electrons. The topological polar surface area (TPSA) is 59.8 Å². The van der Waals surface area contributed by atoms with Gasteiger partial charge in [0, 0.05) is 16.3 Å². The molecule has 4 aromatic rings. The van der Waals surface area contributed by atoms with E-state index < -0.39 is 0 Å². The van der Waals surface area contributed by atoms with Gasteiger partial charge in [-0.3, -0.25) is 4.79 Å². The molecule has 1 amide bonds. The Hall–Kier alpha value is -3.44. The smallest absolute Gasteiger partial charge is 0.295 e. The van der Waals surface area contributed by atoms with Gasteiger partial charge in [-0.1, -0.05) is 54.1 Å². The van der Waals surface area contributed by atoms with Crippen molar-refractivity contribution in [2.45, 2.75) is 6.92 Å². The number of para-hydroxylation sites is 1. The van der Waals surface area contributed by atoms with Gasteiger partial charge in [-0.25, -0.2) is 9.67 Å².